The molecule has 0 fully saturated rings. The van der Waals surface area contributed by atoms with Crippen molar-refractivity contribution in [2.75, 3.05) is 10.6 Å². The maximum atomic E-state index is 12.7. The van der Waals surface area contributed by atoms with Gasteiger partial charge in [0, 0.05) is 23.2 Å². The molecule has 1 atom stereocenters. The summed E-state index contributed by atoms with van der Waals surface area (Å²) in [4.78, 5) is 25.3. The van der Waals surface area contributed by atoms with Crippen LogP contribution in [0.3, 0.4) is 0 Å². The molecule has 0 radical (unpaired) electrons. The summed E-state index contributed by atoms with van der Waals surface area (Å²) in [5.74, 6) is -0.760. The molecule has 5 heteroatoms. The lowest BCUT2D eigenvalue weighted by Gasteiger charge is -2.16. The fourth-order valence-corrected chi connectivity index (χ4v) is 3.43. The van der Waals surface area contributed by atoms with Crippen LogP contribution < -0.4 is 10.6 Å². The smallest absolute Gasteiger partial charge is 0.255 e. The van der Waals surface area contributed by atoms with Crippen LogP contribution in [0.2, 0.25) is 0 Å². The molecule has 0 heterocycles. The zero-order valence-corrected chi connectivity index (χ0v) is 19.2. The van der Waals surface area contributed by atoms with Crippen molar-refractivity contribution in [2.45, 2.75) is 41.0 Å². The molecule has 32 heavy (non-hydrogen) atoms. The van der Waals surface area contributed by atoms with Gasteiger partial charge in [-0.05, 0) is 74.6 Å². The van der Waals surface area contributed by atoms with Gasteiger partial charge in [-0.25, -0.2) is 0 Å². The summed E-state index contributed by atoms with van der Waals surface area (Å²) in [6, 6.07) is 16.7. The van der Waals surface area contributed by atoms with Crippen LogP contribution >= 0.6 is 0 Å². The SMILES string of the molecule is Cc1ccc(CC(C)C(=O)Nc2cc(O)c(NC(=O)c3ccc(C)c(C)c3)cc2C)cc1. The summed E-state index contributed by atoms with van der Waals surface area (Å²) >= 11 is 0. The normalized spacial score (nSPS) is 11.7. The van der Waals surface area contributed by atoms with E-state index < -0.39 is 0 Å². The third kappa shape index (κ3) is 5.55. The first-order valence-corrected chi connectivity index (χ1v) is 10.7. The van der Waals surface area contributed by atoms with E-state index in [4.69, 9.17) is 0 Å². The van der Waals surface area contributed by atoms with Crippen molar-refractivity contribution in [3.05, 3.63) is 88.0 Å². The Morgan fingerprint density at radius 3 is 2.16 bits per heavy atom. The number of aryl methyl sites for hydroxylation is 4. The van der Waals surface area contributed by atoms with Crippen LogP contribution in [0.25, 0.3) is 0 Å². The lowest BCUT2D eigenvalue weighted by Crippen LogP contribution is -2.22. The van der Waals surface area contributed by atoms with Crippen LogP contribution in [0.1, 0.15) is 45.1 Å². The van der Waals surface area contributed by atoms with Gasteiger partial charge in [-0.3, -0.25) is 9.59 Å². The summed E-state index contributed by atoms with van der Waals surface area (Å²) in [5.41, 5.74) is 6.50. The Morgan fingerprint density at radius 2 is 1.50 bits per heavy atom. The zero-order chi connectivity index (χ0) is 23.4. The van der Waals surface area contributed by atoms with E-state index in [0.29, 0.717) is 23.4 Å². The van der Waals surface area contributed by atoms with E-state index in [2.05, 4.69) is 10.6 Å². The Morgan fingerprint density at radius 1 is 0.812 bits per heavy atom. The minimum absolute atomic E-state index is 0.103. The molecule has 3 N–H and O–H groups in total. The highest BCUT2D eigenvalue weighted by molar-refractivity contribution is 6.05. The monoisotopic (exact) mass is 430 g/mol. The summed E-state index contributed by atoms with van der Waals surface area (Å²) < 4.78 is 0. The number of amides is 2. The lowest BCUT2D eigenvalue weighted by molar-refractivity contribution is -0.119. The molecule has 0 aliphatic rings. The van der Waals surface area contributed by atoms with Crippen molar-refractivity contribution >= 4 is 23.2 Å². The lowest BCUT2D eigenvalue weighted by atomic mass is 9.99. The average molecular weight is 431 g/mol. The highest BCUT2D eigenvalue weighted by Crippen LogP contribution is 2.31. The minimum Gasteiger partial charge on any atom is -0.506 e. The van der Waals surface area contributed by atoms with Crippen molar-refractivity contribution in [1.82, 2.24) is 0 Å². The van der Waals surface area contributed by atoms with Gasteiger partial charge >= 0.3 is 0 Å². The first-order valence-electron chi connectivity index (χ1n) is 10.7. The van der Waals surface area contributed by atoms with E-state index >= 15 is 0 Å². The van der Waals surface area contributed by atoms with Gasteiger partial charge in [0.05, 0.1) is 5.69 Å². The minimum atomic E-state index is -0.300. The van der Waals surface area contributed by atoms with Gasteiger partial charge in [0.2, 0.25) is 5.91 Å². The highest BCUT2D eigenvalue weighted by atomic mass is 16.3. The number of phenols is 1. The van der Waals surface area contributed by atoms with Gasteiger partial charge in [0.1, 0.15) is 5.75 Å². The molecule has 0 saturated carbocycles. The van der Waals surface area contributed by atoms with E-state index in [-0.39, 0.29) is 23.5 Å². The van der Waals surface area contributed by atoms with Gasteiger partial charge in [-0.15, -0.1) is 0 Å². The molecule has 0 aliphatic heterocycles. The molecule has 2 amide bonds. The number of hydrogen-bond donors (Lipinski definition) is 3. The van der Waals surface area contributed by atoms with Crippen LogP contribution in [0.5, 0.6) is 5.75 Å². The van der Waals surface area contributed by atoms with Crippen LogP contribution in [0, 0.1) is 33.6 Å². The van der Waals surface area contributed by atoms with Gasteiger partial charge in [0.25, 0.3) is 5.91 Å². The van der Waals surface area contributed by atoms with Crippen molar-refractivity contribution in [3.63, 3.8) is 0 Å². The number of carbonyl (C=O) groups excluding carboxylic acids is 2. The molecule has 3 aromatic carbocycles. The Kier molecular flexibility index (Phi) is 6.98. The first kappa shape index (κ1) is 23.1. The molecule has 3 rings (SSSR count). The van der Waals surface area contributed by atoms with Gasteiger partial charge in [-0.1, -0.05) is 42.8 Å². The van der Waals surface area contributed by atoms with Gasteiger partial charge in [0.15, 0.2) is 0 Å². The molecule has 0 aliphatic carbocycles. The number of benzene rings is 3. The zero-order valence-electron chi connectivity index (χ0n) is 19.2. The fraction of sp³-hybridized carbons (Fsp3) is 0.259. The van der Waals surface area contributed by atoms with Crippen molar-refractivity contribution in [2.24, 2.45) is 5.92 Å². The Hall–Kier alpha value is -3.60. The van der Waals surface area contributed by atoms with E-state index in [1.54, 1.807) is 12.1 Å². The number of carbonyl (C=O) groups is 2. The van der Waals surface area contributed by atoms with Crippen molar-refractivity contribution in [1.29, 1.82) is 0 Å². The molecule has 3 aromatic rings. The molecular formula is C27H30N2O3. The molecule has 5 nitrogen and oxygen atoms in total. The van der Waals surface area contributed by atoms with Crippen LogP contribution in [0.4, 0.5) is 11.4 Å². The Bertz CT molecular complexity index is 1150. The Balaban J connectivity index is 1.69. The number of rotatable bonds is 6. The standard InChI is InChI=1S/C27H30N2O3/c1-16-6-9-21(10-7-16)12-20(5)26(31)28-23-15-25(30)24(14-19(23)4)29-27(32)22-11-8-17(2)18(3)13-22/h6-11,13-15,20,30H,12H2,1-5H3,(H,28,31)(H,29,32). The van der Waals surface area contributed by atoms with E-state index in [1.165, 1.54) is 11.6 Å². The molecule has 1 unspecified atom stereocenters. The third-order valence-electron chi connectivity index (χ3n) is 5.73. The summed E-state index contributed by atoms with van der Waals surface area (Å²) in [6.45, 7) is 9.67. The maximum Gasteiger partial charge on any atom is 0.255 e. The molecule has 166 valence electrons. The second kappa shape index (κ2) is 9.69. The first-order chi connectivity index (χ1) is 15.1. The Labute approximate surface area is 189 Å². The average Bonchev–Trinajstić information content (AvgIpc) is 2.75. The third-order valence-corrected chi connectivity index (χ3v) is 5.73. The largest absolute Gasteiger partial charge is 0.506 e. The molecule has 0 aromatic heterocycles. The van der Waals surface area contributed by atoms with Crippen LogP contribution in [0.15, 0.2) is 54.6 Å². The van der Waals surface area contributed by atoms with E-state index in [0.717, 1.165) is 22.3 Å². The van der Waals surface area contributed by atoms with E-state index in [9.17, 15) is 14.7 Å². The number of hydrogen-bond acceptors (Lipinski definition) is 3. The second-order valence-electron chi connectivity index (χ2n) is 8.52. The molecule has 0 spiro atoms. The van der Waals surface area contributed by atoms with Crippen molar-refractivity contribution < 1.29 is 14.7 Å². The highest BCUT2D eigenvalue weighted by Gasteiger charge is 2.17. The summed E-state index contributed by atoms with van der Waals surface area (Å²) in [7, 11) is 0. The predicted molar refractivity (Wildman–Crippen MR) is 129 cm³/mol. The topological polar surface area (TPSA) is 78.4 Å². The van der Waals surface area contributed by atoms with Gasteiger partial charge < -0.3 is 15.7 Å². The molecular weight excluding hydrogens is 400 g/mol. The second-order valence-corrected chi connectivity index (χ2v) is 8.52. The quantitative estimate of drug-likeness (QED) is 0.439. The number of aromatic hydroxyl groups is 1. The number of nitrogens with one attached hydrogen (secondary N) is 2. The van der Waals surface area contributed by atoms with Crippen LogP contribution in [-0.2, 0) is 11.2 Å². The van der Waals surface area contributed by atoms with Gasteiger partial charge in [-0.2, -0.15) is 0 Å². The fourth-order valence-electron chi connectivity index (χ4n) is 3.43. The van der Waals surface area contributed by atoms with E-state index in [1.807, 2.05) is 71.0 Å². The summed E-state index contributed by atoms with van der Waals surface area (Å²) in [5, 5.41) is 16.1. The molecule has 0 saturated heterocycles. The van der Waals surface area contributed by atoms with Crippen molar-refractivity contribution in [3.8, 4) is 5.75 Å². The predicted octanol–water partition coefficient (Wildman–Crippen LogP) is 5.70. The number of phenolic OH excluding ortho intramolecular Hbond substituents is 1. The molecule has 0 bridgehead atoms. The van der Waals surface area contributed by atoms with Crippen LogP contribution in [-0.4, -0.2) is 16.9 Å². The number of anilines is 2. The summed E-state index contributed by atoms with van der Waals surface area (Å²) in [6.07, 6.45) is 0.626. The maximum absolute atomic E-state index is 12.7.